The van der Waals surface area contributed by atoms with E-state index >= 15 is 0 Å². The first-order chi connectivity index (χ1) is 8.56. The highest BCUT2D eigenvalue weighted by atomic mass is 35.5. The average molecular weight is 273 g/mol. The number of carbonyl (C=O) groups excluding carboxylic acids is 1. The molecule has 0 amide bonds. The SMILES string of the molecule is CCCn1ncc(Cl)c1C(=O)C(O)C(CC)CC. The number of aliphatic hydroxyl groups excluding tert-OH is 1. The van der Waals surface area contributed by atoms with Crippen LogP contribution in [0.2, 0.25) is 5.02 Å². The van der Waals surface area contributed by atoms with Crippen molar-refractivity contribution in [1.82, 2.24) is 9.78 Å². The van der Waals surface area contributed by atoms with Crippen molar-refractivity contribution < 1.29 is 9.90 Å². The second-order valence-electron chi connectivity index (χ2n) is 4.45. The van der Waals surface area contributed by atoms with Crippen molar-refractivity contribution in [3.63, 3.8) is 0 Å². The van der Waals surface area contributed by atoms with Gasteiger partial charge in [0, 0.05) is 6.54 Å². The summed E-state index contributed by atoms with van der Waals surface area (Å²) in [6, 6.07) is 0. The van der Waals surface area contributed by atoms with Crippen molar-refractivity contribution in [3.05, 3.63) is 16.9 Å². The molecule has 0 bridgehead atoms. The molecule has 1 aromatic rings. The quantitative estimate of drug-likeness (QED) is 0.777. The van der Waals surface area contributed by atoms with Crippen LogP contribution in [0.1, 0.15) is 50.5 Å². The third kappa shape index (κ3) is 3.12. The van der Waals surface area contributed by atoms with Crippen LogP contribution in [0.15, 0.2) is 6.20 Å². The minimum atomic E-state index is -0.996. The van der Waals surface area contributed by atoms with Gasteiger partial charge in [-0.2, -0.15) is 5.10 Å². The third-order valence-electron chi connectivity index (χ3n) is 3.23. The number of aryl methyl sites for hydroxylation is 1. The molecule has 0 spiro atoms. The summed E-state index contributed by atoms with van der Waals surface area (Å²) in [4.78, 5) is 12.3. The van der Waals surface area contributed by atoms with Gasteiger partial charge in [0.2, 0.25) is 5.78 Å². The molecular formula is C13H21ClN2O2. The minimum Gasteiger partial charge on any atom is -0.385 e. The second kappa shape index (κ2) is 6.90. The first-order valence-corrected chi connectivity index (χ1v) is 6.88. The van der Waals surface area contributed by atoms with E-state index < -0.39 is 6.10 Å². The molecule has 1 unspecified atom stereocenters. The molecule has 1 rings (SSSR count). The molecule has 4 nitrogen and oxygen atoms in total. The number of hydrogen-bond donors (Lipinski definition) is 1. The Morgan fingerprint density at radius 3 is 2.56 bits per heavy atom. The highest BCUT2D eigenvalue weighted by molar-refractivity contribution is 6.33. The maximum Gasteiger partial charge on any atom is 0.211 e. The summed E-state index contributed by atoms with van der Waals surface area (Å²) in [5.41, 5.74) is 0.331. The van der Waals surface area contributed by atoms with Gasteiger partial charge in [-0.05, 0) is 12.3 Å². The molecule has 5 heteroatoms. The van der Waals surface area contributed by atoms with Crippen molar-refractivity contribution in [2.24, 2.45) is 5.92 Å². The van der Waals surface area contributed by atoms with Crippen LogP contribution in [0.25, 0.3) is 0 Å². The summed E-state index contributed by atoms with van der Waals surface area (Å²) in [5.74, 6) is -0.349. The molecule has 1 atom stereocenters. The maximum absolute atomic E-state index is 12.3. The van der Waals surface area contributed by atoms with Gasteiger partial charge in [-0.15, -0.1) is 0 Å². The smallest absolute Gasteiger partial charge is 0.211 e. The van der Waals surface area contributed by atoms with Crippen LogP contribution in [0, 0.1) is 5.92 Å². The van der Waals surface area contributed by atoms with Gasteiger partial charge in [0.15, 0.2) is 0 Å². The van der Waals surface area contributed by atoms with E-state index in [1.165, 1.54) is 6.20 Å². The van der Waals surface area contributed by atoms with Crippen LogP contribution < -0.4 is 0 Å². The molecular weight excluding hydrogens is 252 g/mol. The molecule has 1 aromatic heterocycles. The number of halogens is 1. The molecule has 0 radical (unpaired) electrons. The first kappa shape index (κ1) is 15.2. The van der Waals surface area contributed by atoms with Gasteiger partial charge < -0.3 is 5.11 Å². The van der Waals surface area contributed by atoms with Crippen LogP contribution in [-0.4, -0.2) is 26.8 Å². The summed E-state index contributed by atoms with van der Waals surface area (Å²) in [5, 5.41) is 14.5. The molecule has 0 saturated carbocycles. The normalized spacial score (nSPS) is 13.0. The molecule has 0 aliphatic heterocycles. The molecule has 0 aliphatic carbocycles. The van der Waals surface area contributed by atoms with Crippen molar-refractivity contribution in [2.75, 3.05) is 0 Å². The van der Waals surface area contributed by atoms with E-state index in [1.54, 1.807) is 4.68 Å². The number of ketones is 1. The largest absolute Gasteiger partial charge is 0.385 e. The topological polar surface area (TPSA) is 55.1 Å². The lowest BCUT2D eigenvalue weighted by molar-refractivity contribution is 0.0576. The van der Waals surface area contributed by atoms with Crippen molar-refractivity contribution in [2.45, 2.75) is 52.7 Å². The van der Waals surface area contributed by atoms with E-state index in [2.05, 4.69) is 5.10 Å². The van der Waals surface area contributed by atoms with E-state index in [4.69, 9.17) is 11.6 Å². The number of carbonyl (C=O) groups is 1. The third-order valence-corrected chi connectivity index (χ3v) is 3.50. The molecule has 0 aromatic carbocycles. The molecule has 102 valence electrons. The molecule has 0 saturated heterocycles. The minimum absolute atomic E-state index is 0.0291. The van der Waals surface area contributed by atoms with E-state index in [1.807, 2.05) is 20.8 Å². The van der Waals surface area contributed by atoms with E-state index in [0.29, 0.717) is 17.3 Å². The Hall–Kier alpha value is -0.870. The fourth-order valence-corrected chi connectivity index (χ4v) is 2.31. The monoisotopic (exact) mass is 272 g/mol. The van der Waals surface area contributed by atoms with Crippen LogP contribution >= 0.6 is 11.6 Å². The number of aromatic nitrogens is 2. The first-order valence-electron chi connectivity index (χ1n) is 6.50. The lowest BCUT2D eigenvalue weighted by Crippen LogP contribution is -2.31. The van der Waals surface area contributed by atoms with E-state index in [0.717, 1.165) is 19.3 Å². The van der Waals surface area contributed by atoms with Crippen LogP contribution in [0.3, 0.4) is 0 Å². The summed E-state index contributed by atoms with van der Waals surface area (Å²) >= 11 is 6.00. The highest BCUT2D eigenvalue weighted by Gasteiger charge is 2.28. The van der Waals surface area contributed by atoms with Gasteiger partial charge in [-0.1, -0.05) is 45.2 Å². The standard InChI is InChI=1S/C13H21ClN2O2/c1-4-7-16-11(10(14)8-15-16)13(18)12(17)9(5-2)6-3/h8-9,12,17H,4-7H2,1-3H3. The lowest BCUT2D eigenvalue weighted by Gasteiger charge is -2.19. The van der Waals surface area contributed by atoms with Crippen molar-refractivity contribution in [1.29, 1.82) is 0 Å². The van der Waals surface area contributed by atoms with Crippen LogP contribution in [0.4, 0.5) is 0 Å². The number of nitrogens with zero attached hydrogens (tertiary/aromatic N) is 2. The Kier molecular flexibility index (Phi) is 5.82. The molecule has 1 heterocycles. The molecule has 0 fully saturated rings. The average Bonchev–Trinajstić information content (AvgIpc) is 2.71. The summed E-state index contributed by atoms with van der Waals surface area (Å²) < 4.78 is 1.58. The lowest BCUT2D eigenvalue weighted by atomic mass is 9.92. The van der Waals surface area contributed by atoms with Crippen molar-refractivity contribution in [3.8, 4) is 0 Å². The van der Waals surface area contributed by atoms with Gasteiger partial charge in [-0.3, -0.25) is 9.48 Å². The number of rotatable bonds is 7. The zero-order chi connectivity index (χ0) is 13.7. The Balaban J connectivity index is 2.98. The molecule has 1 N–H and O–H groups in total. The second-order valence-corrected chi connectivity index (χ2v) is 4.86. The predicted octanol–water partition coefficient (Wildman–Crippen LogP) is 2.93. The zero-order valence-corrected chi connectivity index (χ0v) is 11.9. The number of Topliss-reactive ketones (excluding diaryl/α,β-unsaturated/α-hetero) is 1. The Bertz CT molecular complexity index is 400. The number of hydrogen-bond acceptors (Lipinski definition) is 3. The molecule has 18 heavy (non-hydrogen) atoms. The van der Waals surface area contributed by atoms with Crippen LogP contribution in [-0.2, 0) is 6.54 Å². The van der Waals surface area contributed by atoms with Crippen LogP contribution in [0.5, 0.6) is 0 Å². The summed E-state index contributed by atoms with van der Waals surface area (Å²) in [6.07, 6.45) is 2.86. The van der Waals surface area contributed by atoms with E-state index in [-0.39, 0.29) is 11.7 Å². The number of aliphatic hydroxyl groups is 1. The summed E-state index contributed by atoms with van der Waals surface area (Å²) in [7, 11) is 0. The predicted molar refractivity (Wildman–Crippen MR) is 71.9 cm³/mol. The Morgan fingerprint density at radius 2 is 2.06 bits per heavy atom. The fourth-order valence-electron chi connectivity index (χ4n) is 2.08. The van der Waals surface area contributed by atoms with Gasteiger partial charge in [0.25, 0.3) is 0 Å². The van der Waals surface area contributed by atoms with E-state index in [9.17, 15) is 9.90 Å². The van der Waals surface area contributed by atoms with Gasteiger partial charge >= 0.3 is 0 Å². The zero-order valence-electron chi connectivity index (χ0n) is 11.2. The van der Waals surface area contributed by atoms with Gasteiger partial charge in [0.1, 0.15) is 11.8 Å². The molecule has 0 aliphatic rings. The van der Waals surface area contributed by atoms with Crippen molar-refractivity contribution >= 4 is 17.4 Å². The maximum atomic E-state index is 12.3. The Labute approximate surface area is 113 Å². The fraction of sp³-hybridized carbons (Fsp3) is 0.692. The summed E-state index contributed by atoms with van der Waals surface area (Å²) in [6.45, 7) is 6.57. The van der Waals surface area contributed by atoms with Gasteiger partial charge in [0.05, 0.1) is 11.2 Å². The Morgan fingerprint density at radius 1 is 1.44 bits per heavy atom. The highest BCUT2D eigenvalue weighted by Crippen LogP contribution is 2.22. The van der Waals surface area contributed by atoms with Gasteiger partial charge in [-0.25, -0.2) is 0 Å².